The largest absolute Gasteiger partial charge is 0.481 e. The molecule has 1 saturated heterocycles. The van der Waals surface area contributed by atoms with Gasteiger partial charge in [0.25, 0.3) is 0 Å². The third-order valence-electron chi connectivity index (χ3n) is 5.70. The molecule has 6 nitrogen and oxygen atoms in total. The highest BCUT2D eigenvalue weighted by Gasteiger charge is 2.27. The third kappa shape index (κ3) is 3.13. The van der Waals surface area contributed by atoms with Gasteiger partial charge in [-0.05, 0) is 51.7 Å². The van der Waals surface area contributed by atoms with E-state index in [4.69, 9.17) is 10.1 Å². The second-order valence-electron chi connectivity index (χ2n) is 7.87. The van der Waals surface area contributed by atoms with Gasteiger partial charge in [-0.15, -0.1) is 0 Å². The van der Waals surface area contributed by atoms with Gasteiger partial charge in [-0.1, -0.05) is 23.8 Å². The van der Waals surface area contributed by atoms with Crippen LogP contribution in [0.15, 0.2) is 24.3 Å². The minimum absolute atomic E-state index is 0.250. The number of aliphatic carboxylic acids is 1. The molecular formula is C22H26N4O2. The number of fused-ring (bicyclic) bond motifs is 1. The number of carbonyl (C=O) groups is 1. The van der Waals surface area contributed by atoms with Crippen LogP contribution in [0, 0.1) is 33.6 Å². The minimum Gasteiger partial charge on any atom is -0.481 e. The number of hydrogen-bond acceptors (Lipinski definition) is 4. The second-order valence-corrected chi connectivity index (χ2v) is 7.87. The Labute approximate surface area is 164 Å². The third-order valence-corrected chi connectivity index (χ3v) is 5.70. The minimum atomic E-state index is -0.692. The monoisotopic (exact) mass is 378 g/mol. The molecule has 0 radical (unpaired) electrons. The van der Waals surface area contributed by atoms with E-state index in [0.29, 0.717) is 25.9 Å². The van der Waals surface area contributed by atoms with Crippen molar-refractivity contribution in [2.45, 2.75) is 40.5 Å². The first-order valence-electron chi connectivity index (χ1n) is 9.77. The number of carboxylic acids is 1. The van der Waals surface area contributed by atoms with Crippen molar-refractivity contribution < 1.29 is 9.90 Å². The molecule has 1 aliphatic rings. The van der Waals surface area contributed by atoms with Crippen molar-refractivity contribution >= 4 is 17.4 Å². The van der Waals surface area contributed by atoms with E-state index in [-0.39, 0.29) is 5.92 Å². The number of aromatic nitrogens is 3. The van der Waals surface area contributed by atoms with E-state index in [2.05, 4.69) is 36.9 Å². The van der Waals surface area contributed by atoms with Gasteiger partial charge in [-0.25, -0.2) is 4.98 Å². The molecule has 3 heterocycles. The molecule has 4 rings (SSSR count). The summed E-state index contributed by atoms with van der Waals surface area (Å²) in [4.78, 5) is 18.3. The van der Waals surface area contributed by atoms with Crippen LogP contribution in [0.1, 0.15) is 35.4 Å². The first-order chi connectivity index (χ1) is 13.3. The highest BCUT2D eigenvalue weighted by molar-refractivity contribution is 5.83. The van der Waals surface area contributed by atoms with Crippen LogP contribution in [0.25, 0.3) is 16.8 Å². The quantitative estimate of drug-likeness (QED) is 0.748. The number of benzene rings is 1. The first-order valence-corrected chi connectivity index (χ1v) is 9.77. The highest BCUT2D eigenvalue weighted by atomic mass is 16.4. The molecule has 3 aromatic rings. The van der Waals surface area contributed by atoms with E-state index in [1.807, 2.05) is 24.4 Å². The predicted molar refractivity (Wildman–Crippen MR) is 110 cm³/mol. The van der Waals surface area contributed by atoms with E-state index in [9.17, 15) is 9.90 Å². The maximum atomic E-state index is 11.3. The van der Waals surface area contributed by atoms with Crippen molar-refractivity contribution in [3.05, 3.63) is 46.8 Å². The van der Waals surface area contributed by atoms with Crippen LogP contribution in [-0.2, 0) is 4.79 Å². The Balaban J connectivity index is 1.83. The smallest absolute Gasteiger partial charge is 0.306 e. The molecule has 1 aromatic carbocycles. The molecular weight excluding hydrogens is 352 g/mol. The average Bonchev–Trinajstić information content (AvgIpc) is 2.98. The Morgan fingerprint density at radius 3 is 2.50 bits per heavy atom. The van der Waals surface area contributed by atoms with Crippen LogP contribution in [-0.4, -0.2) is 38.8 Å². The molecule has 1 aliphatic heterocycles. The Hall–Kier alpha value is -2.89. The zero-order valence-electron chi connectivity index (χ0n) is 16.9. The van der Waals surface area contributed by atoms with Crippen molar-refractivity contribution in [3.8, 4) is 11.1 Å². The number of anilines is 1. The van der Waals surface area contributed by atoms with Gasteiger partial charge in [0.2, 0.25) is 0 Å². The lowest BCUT2D eigenvalue weighted by molar-refractivity contribution is -0.142. The summed E-state index contributed by atoms with van der Waals surface area (Å²) in [6, 6.07) is 8.51. The molecule has 0 saturated carbocycles. The van der Waals surface area contributed by atoms with E-state index in [1.54, 1.807) is 0 Å². The van der Waals surface area contributed by atoms with Crippen LogP contribution in [0.4, 0.5) is 5.82 Å². The van der Waals surface area contributed by atoms with Gasteiger partial charge in [0, 0.05) is 30.4 Å². The summed E-state index contributed by atoms with van der Waals surface area (Å²) in [5, 5.41) is 14.1. The van der Waals surface area contributed by atoms with Crippen LogP contribution < -0.4 is 4.90 Å². The molecule has 6 heteroatoms. The van der Waals surface area contributed by atoms with Gasteiger partial charge in [-0.3, -0.25) is 4.79 Å². The fourth-order valence-electron chi connectivity index (χ4n) is 4.13. The number of carboxylic acid groups (broad SMARTS) is 1. The van der Waals surface area contributed by atoms with Crippen molar-refractivity contribution in [2.24, 2.45) is 5.92 Å². The van der Waals surface area contributed by atoms with Crippen molar-refractivity contribution in [1.29, 1.82) is 0 Å². The fraction of sp³-hybridized carbons (Fsp3) is 0.409. The Morgan fingerprint density at radius 1 is 1.11 bits per heavy atom. The number of nitrogens with zero attached hydrogens (tertiary/aromatic N) is 4. The molecule has 0 atom stereocenters. The fourth-order valence-corrected chi connectivity index (χ4v) is 4.13. The van der Waals surface area contributed by atoms with Gasteiger partial charge in [0.15, 0.2) is 5.65 Å². The summed E-state index contributed by atoms with van der Waals surface area (Å²) in [5.74, 6) is 0.0494. The van der Waals surface area contributed by atoms with Gasteiger partial charge in [-0.2, -0.15) is 9.61 Å². The SMILES string of the molecule is Cc1ccc(C)c(-c2c(C)nn3c(N4CCC(C(=O)O)CC4)cc(C)nc23)c1. The van der Waals surface area contributed by atoms with E-state index >= 15 is 0 Å². The molecule has 2 aromatic heterocycles. The summed E-state index contributed by atoms with van der Waals surface area (Å²) in [7, 11) is 0. The highest BCUT2D eigenvalue weighted by Crippen LogP contribution is 2.33. The molecule has 1 N–H and O–H groups in total. The lowest BCUT2D eigenvalue weighted by Crippen LogP contribution is -2.37. The van der Waals surface area contributed by atoms with Gasteiger partial charge >= 0.3 is 5.97 Å². The normalized spacial score (nSPS) is 15.4. The standard InChI is InChI=1S/C22H26N4O2/c1-13-5-6-14(2)18(11-13)20-16(4)24-26-19(12-15(3)23-21(20)26)25-9-7-17(8-10-25)22(27)28/h5-6,11-12,17H,7-10H2,1-4H3,(H,27,28). The average molecular weight is 378 g/mol. The molecule has 146 valence electrons. The second kappa shape index (κ2) is 6.93. The molecule has 1 fully saturated rings. The molecule has 0 spiro atoms. The lowest BCUT2D eigenvalue weighted by Gasteiger charge is -2.32. The number of piperidine rings is 1. The van der Waals surface area contributed by atoms with Crippen LogP contribution in [0.2, 0.25) is 0 Å². The Bertz CT molecular complexity index is 1060. The molecule has 0 unspecified atom stereocenters. The molecule has 0 amide bonds. The first kappa shape index (κ1) is 18.5. The van der Waals surface area contributed by atoms with Crippen molar-refractivity contribution in [1.82, 2.24) is 14.6 Å². The summed E-state index contributed by atoms with van der Waals surface area (Å²) in [6.45, 7) is 9.68. The molecule has 0 bridgehead atoms. The zero-order valence-corrected chi connectivity index (χ0v) is 16.9. The van der Waals surface area contributed by atoms with Crippen LogP contribution in [0.5, 0.6) is 0 Å². The number of rotatable bonds is 3. The summed E-state index contributed by atoms with van der Waals surface area (Å²) in [5.41, 5.74) is 7.41. The number of hydrogen-bond donors (Lipinski definition) is 1. The molecule has 0 aliphatic carbocycles. The van der Waals surface area contributed by atoms with Gasteiger partial charge in [0.05, 0.1) is 11.6 Å². The number of aryl methyl sites for hydroxylation is 4. The Kier molecular flexibility index (Phi) is 4.57. The van der Waals surface area contributed by atoms with E-state index in [1.165, 1.54) is 16.7 Å². The van der Waals surface area contributed by atoms with Crippen LogP contribution >= 0.6 is 0 Å². The predicted octanol–water partition coefficient (Wildman–Crippen LogP) is 3.93. The lowest BCUT2D eigenvalue weighted by atomic mass is 9.97. The van der Waals surface area contributed by atoms with Crippen molar-refractivity contribution in [2.75, 3.05) is 18.0 Å². The van der Waals surface area contributed by atoms with Gasteiger partial charge < -0.3 is 10.0 Å². The van der Waals surface area contributed by atoms with Crippen molar-refractivity contribution in [3.63, 3.8) is 0 Å². The van der Waals surface area contributed by atoms with Gasteiger partial charge in [0.1, 0.15) is 5.82 Å². The Morgan fingerprint density at radius 2 is 1.82 bits per heavy atom. The maximum absolute atomic E-state index is 11.3. The summed E-state index contributed by atoms with van der Waals surface area (Å²) in [6.07, 6.45) is 1.31. The summed E-state index contributed by atoms with van der Waals surface area (Å²) < 4.78 is 1.93. The zero-order chi connectivity index (χ0) is 20.0. The van der Waals surface area contributed by atoms with E-state index in [0.717, 1.165) is 28.4 Å². The van der Waals surface area contributed by atoms with E-state index < -0.39 is 5.97 Å². The molecule has 28 heavy (non-hydrogen) atoms. The summed E-state index contributed by atoms with van der Waals surface area (Å²) >= 11 is 0. The maximum Gasteiger partial charge on any atom is 0.306 e. The topological polar surface area (TPSA) is 70.7 Å². The van der Waals surface area contributed by atoms with Crippen LogP contribution in [0.3, 0.4) is 0 Å².